The van der Waals surface area contributed by atoms with E-state index in [1.807, 2.05) is 19.3 Å². The van der Waals surface area contributed by atoms with Crippen molar-refractivity contribution in [2.24, 2.45) is 18.4 Å². The molecule has 34 heavy (non-hydrogen) atoms. The molecule has 0 unspecified atom stereocenters. The fraction of sp³-hybridized carbons (Fsp3) is 0.481. The number of nitrogens with one attached hydrogen (secondary N) is 1. The number of aryl methyl sites for hydroxylation is 3. The van der Waals surface area contributed by atoms with E-state index in [9.17, 15) is 4.79 Å². The standard InChI is InChI=1S/C27H36N6O/c1-19-16-21(24-10-13-28-26(31-24)30-23-17-29-32(5)18-23)7-6-20(19)8-9-25(34)33-14-11-22(12-15-33)27(2,3)4/h6-7,10,13,16-18,22H,8-9,11-12,14-15H2,1-5H3,(H,28,30,31). The van der Waals surface area contributed by atoms with Gasteiger partial charge in [-0.05, 0) is 60.8 Å². The maximum absolute atomic E-state index is 12.8. The molecule has 0 atom stereocenters. The van der Waals surface area contributed by atoms with Crippen molar-refractivity contribution in [3.8, 4) is 11.3 Å². The SMILES string of the molecule is Cc1cc(-c2ccnc(Nc3cnn(C)c3)n2)ccc1CCC(=O)N1CCC(C(C)(C)C)CC1. The number of piperidine rings is 1. The monoisotopic (exact) mass is 460 g/mol. The van der Waals surface area contributed by atoms with E-state index in [4.69, 9.17) is 0 Å². The van der Waals surface area contributed by atoms with E-state index in [-0.39, 0.29) is 5.91 Å². The highest BCUT2D eigenvalue weighted by molar-refractivity contribution is 5.76. The van der Waals surface area contributed by atoms with Gasteiger partial charge < -0.3 is 10.2 Å². The van der Waals surface area contributed by atoms with Crippen LogP contribution in [0.25, 0.3) is 11.3 Å². The summed E-state index contributed by atoms with van der Waals surface area (Å²) in [5.74, 6) is 1.51. The second-order valence-electron chi connectivity index (χ2n) is 10.5. The summed E-state index contributed by atoms with van der Waals surface area (Å²) in [4.78, 5) is 23.8. The molecule has 1 saturated heterocycles. The van der Waals surface area contributed by atoms with Gasteiger partial charge in [0.25, 0.3) is 0 Å². The predicted molar refractivity (Wildman–Crippen MR) is 136 cm³/mol. The molecular formula is C27H36N6O. The first kappa shape index (κ1) is 23.9. The van der Waals surface area contributed by atoms with Gasteiger partial charge in [0.15, 0.2) is 0 Å². The maximum Gasteiger partial charge on any atom is 0.227 e. The lowest BCUT2D eigenvalue weighted by molar-refractivity contribution is -0.133. The Morgan fingerprint density at radius 1 is 1.18 bits per heavy atom. The minimum Gasteiger partial charge on any atom is -0.343 e. The zero-order chi connectivity index (χ0) is 24.3. The van der Waals surface area contributed by atoms with Gasteiger partial charge in [-0.25, -0.2) is 9.97 Å². The fourth-order valence-corrected chi connectivity index (χ4v) is 4.72. The fourth-order valence-electron chi connectivity index (χ4n) is 4.72. The molecule has 3 heterocycles. The molecule has 4 rings (SSSR count). The molecule has 3 aromatic rings. The van der Waals surface area contributed by atoms with Crippen LogP contribution in [0.1, 0.15) is 51.2 Å². The number of likely N-dealkylation sites (tertiary alicyclic amines) is 1. The van der Waals surface area contributed by atoms with Crippen LogP contribution in [-0.4, -0.2) is 43.6 Å². The number of nitrogens with zero attached hydrogens (tertiary/aromatic N) is 5. The molecule has 1 aliphatic rings. The van der Waals surface area contributed by atoms with Crippen LogP contribution in [0.15, 0.2) is 42.9 Å². The normalized spacial score (nSPS) is 14.9. The Kier molecular flexibility index (Phi) is 7.00. The molecule has 1 aromatic carbocycles. The zero-order valence-electron chi connectivity index (χ0n) is 21.0. The van der Waals surface area contributed by atoms with E-state index < -0.39 is 0 Å². The summed E-state index contributed by atoms with van der Waals surface area (Å²) in [7, 11) is 1.87. The number of hydrogen-bond donors (Lipinski definition) is 1. The summed E-state index contributed by atoms with van der Waals surface area (Å²) >= 11 is 0. The second kappa shape index (κ2) is 9.95. The predicted octanol–water partition coefficient (Wildman–Crippen LogP) is 5.15. The number of carbonyl (C=O) groups excluding carboxylic acids is 1. The van der Waals surface area contributed by atoms with Crippen molar-refractivity contribution >= 4 is 17.5 Å². The molecule has 2 aromatic heterocycles. The average molecular weight is 461 g/mol. The van der Waals surface area contributed by atoms with E-state index in [1.54, 1.807) is 17.1 Å². The van der Waals surface area contributed by atoms with Crippen molar-refractivity contribution in [3.05, 3.63) is 54.0 Å². The third-order valence-corrected chi connectivity index (χ3v) is 6.94. The third-order valence-electron chi connectivity index (χ3n) is 6.94. The Morgan fingerprint density at radius 2 is 1.94 bits per heavy atom. The van der Waals surface area contributed by atoms with Crippen LogP contribution in [0.5, 0.6) is 0 Å². The molecule has 7 nitrogen and oxygen atoms in total. The highest BCUT2D eigenvalue weighted by atomic mass is 16.2. The summed E-state index contributed by atoms with van der Waals surface area (Å²) in [6.07, 6.45) is 8.92. The molecule has 1 N–H and O–H groups in total. The average Bonchev–Trinajstić information content (AvgIpc) is 3.22. The van der Waals surface area contributed by atoms with E-state index in [1.165, 1.54) is 11.1 Å². The van der Waals surface area contributed by atoms with Crippen LogP contribution < -0.4 is 5.32 Å². The number of hydrogen-bond acceptors (Lipinski definition) is 5. The van der Waals surface area contributed by atoms with Gasteiger partial charge >= 0.3 is 0 Å². The first-order valence-corrected chi connectivity index (χ1v) is 12.2. The van der Waals surface area contributed by atoms with Crippen molar-refractivity contribution in [2.75, 3.05) is 18.4 Å². The van der Waals surface area contributed by atoms with Gasteiger partial charge in [0.1, 0.15) is 0 Å². The lowest BCUT2D eigenvalue weighted by Crippen LogP contribution is -2.41. The quantitative estimate of drug-likeness (QED) is 0.551. The minimum atomic E-state index is 0.276. The van der Waals surface area contributed by atoms with E-state index in [0.29, 0.717) is 23.7 Å². The van der Waals surface area contributed by atoms with Gasteiger partial charge in [-0.1, -0.05) is 32.9 Å². The van der Waals surface area contributed by atoms with Crippen molar-refractivity contribution in [2.45, 2.75) is 53.4 Å². The van der Waals surface area contributed by atoms with Crippen LogP contribution in [0.3, 0.4) is 0 Å². The Labute approximate surface area is 202 Å². The maximum atomic E-state index is 12.8. The van der Waals surface area contributed by atoms with Crippen LogP contribution >= 0.6 is 0 Å². The van der Waals surface area contributed by atoms with E-state index in [2.05, 4.69) is 71.2 Å². The lowest BCUT2D eigenvalue weighted by Gasteiger charge is -2.38. The number of benzene rings is 1. The summed E-state index contributed by atoms with van der Waals surface area (Å²) in [5.41, 5.74) is 5.45. The van der Waals surface area contributed by atoms with E-state index in [0.717, 1.165) is 49.3 Å². The van der Waals surface area contributed by atoms with Gasteiger partial charge in [-0.2, -0.15) is 5.10 Å². The highest BCUT2D eigenvalue weighted by Crippen LogP contribution is 2.34. The third kappa shape index (κ3) is 5.82. The number of anilines is 2. The molecule has 7 heteroatoms. The van der Waals surface area contributed by atoms with Crippen LogP contribution in [-0.2, 0) is 18.3 Å². The van der Waals surface area contributed by atoms with Gasteiger partial charge in [0, 0.05) is 44.5 Å². The first-order valence-electron chi connectivity index (χ1n) is 12.2. The minimum absolute atomic E-state index is 0.276. The van der Waals surface area contributed by atoms with Crippen LogP contribution in [0, 0.1) is 18.3 Å². The molecule has 1 amide bonds. The summed E-state index contributed by atoms with van der Waals surface area (Å²) in [6, 6.07) is 8.26. The van der Waals surface area contributed by atoms with Gasteiger partial charge in [-0.15, -0.1) is 0 Å². The number of rotatable bonds is 6. The second-order valence-corrected chi connectivity index (χ2v) is 10.5. The Balaban J connectivity index is 1.35. The Bertz CT molecular complexity index is 1140. The number of carbonyl (C=O) groups is 1. The Morgan fingerprint density at radius 3 is 2.59 bits per heavy atom. The molecule has 1 aliphatic heterocycles. The molecule has 0 spiro atoms. The largest absolute Gasteiger partial charge is 0.343 e. The molecule has 0 aliphatic carbocycles. The molecule has 0 saturated carbocycles. The van der Waals surface area contributed by atoms with Gasteiger partial charge in [-0.3, -0.25) is 9.48 Å². The van der Waals surface area contributed by atoms with Crippen LogP contribution in [0.4, 0.5) is 11.6 Å². The highest BCUT2D eigenvalue weighted by Gasteiger charge is 2.30. The summed E-state index contributed by atoms with van der Waals surface area (Å²) in [5, 5.41) is 7.35. The lowest BCUT2D eigenvalue weighted by atomic mass is 9.75. The molecular weight excluding hydrogens is 424 g/mol. The van der Waals surface area contributed by atoms with Crippen molar-refractivity contribution < 1.29 is 4.79 Å². The smallest absolute Gasteiger partial charge is 0.227 e. The van der Waals surface area contributed by atoms with Crippen molar-refractivity contribution in [1.29, 1.82) is 0 Å². The van der Waals surface area contributed by atoms with Crippen molar-refractivity contribution in [3.63, 3.8) is 0 Å². The Hall–Kier alpha value is -3.22. The van der Waals surface area contributed by atoms with Crippen LogP contribution in [0.2, 0.25) is 0 Å². The zero-order valence-corrected chi connectivity index (χ0v) is 21.0. The molecule has 0 radical (unpaired) electrons. The first-order chi connectivity index (χ1) is 16.2. The van der Waals surface area contributed by atoms with Crippen molar-refractivity contribution in [1.82, 2.24) is 24.6 Å². The summed E-state index contributed by atoms with van der Waals surface area (Å²) in [6.45, 7) is 10.8. The van der Waals surface area contributed by atoms with E-state index >= 15 is 0 Å². The number of aromatic nitrogens is 4. The molecule has 180 valence electrons. The topological polar surface area (TPSA) is 75.9 Å². The molecule has 0 bridgehead atoms. The summed E-state index contributed by atoms with van der Waals surface area (Å²) < 4.78 is 1.73. The molecule has 1 fully saturated rings. The van der Waals surface area contributed by atoms with Gasteiger partial charge in [0.2, 0.25) is 11.9 Å². The van der Waals surface area contributed by atoms with Gasteiger partial charge in [0.05, 0.1) is 17.6 Å². The number of amides is 1.